The number of hydrogen-bond donors (Lipinski definition) is 1. The summed E-state index contributed by atoms with van der Waals surface area (Å²) in [5, 5.41) is 4.96. The van der Waals surface area contributed by atoms with E-state index in [2.05, 4.69) is 11.4 Å². The molecule has 1 aliphatic heterocycles. The first-order valence-corrected chi connectivity index (χ1v) is 6.20. The average molecular weight is 242 g/mol. The van der Waals surface area contributed by atoms with Crippen LogP contribution in [0.2, 0.25) is 10.0 Å². The molecule has 1 fully saturated rings. The highest BCUT2D eigenvalue weighted by atomic mass is 35.5. The first-order chi connectivity index (χ1) is 7.21. The Morgan fingerprint density at radius 3 is 2.60 bits per heavy atom. The van der Waals surface area contributed by atoms with Gasteiger partial charge in [-0.1, -0.05) is 36.0 Å². The molecule has 1 aromatic rings. The van der Waals surface area contributed by atoms with Crippen LogP contribution in [0.5, 0.6) is 0 Å². The van der Waals surface area contributed by atoms with Crippen LogP contribution in [0.15, 0.2) is 12.1 Å². The van der Waals surface area contributed by atoms with Crippen LogP contribution in [0.1, 0.15) is 31.2 Å². The zero-order chi connectivity index (χ0) is 10.5. The van der Waals surface area contributed by atoms with Gasteiger partial charge in [0.1, 0.15) is 0 Å². The Morgan fingerprint density at radius 2 is 1.87 bits per heavy atom. The fraction of sp³-hybridized carbons (Fsp3) is 0.500. The van der Waals surface area contributed by atoms with Gasteiger partial charge in [-0.15, -0.1) is 0 Å². The molecular formula is C12H13Cl2N. The Morgan fingerprint density at radius 1 is 1.13 bits per heavy atom. The summed E-state index contributed by atoms with van der Waals surface area (Å²) >= 11 is 12.3. The number of hydrogen-bond acceptors (Lipinski definition) is 1. The van der Waals surface area contributed by atoms with Crippen molar-refractivity contribution in [3.63, 3.8) is 0 Å². The first kappa shape index (κ1) is 9.80. The van der Waals surface area contributed by atoms with E-state index in [1.54, 1.807) is 0 Å². The van der Waals surface area contributed by atoms with E-state index < -0.39 is 0 Å². The number of nitrogens with one attached hydrogen (secondary N) is 1. The smallest absolute Gasteiger partial charge is 0.0655 e. The fourth-order valence-electron chi connectivity index (χ4n) is 3.02. The van der Waals surface area contributed by atoms with Gasteiger partial charge >= 0.3 is 0 Å². The standard InChI is InChI=1S/C12H13Cl2N/c13-8-5-9-11(10(14)6-8)15-7-12(9)3-1-2-4-12/h5-6,15H,1-4,7H2. The van der Waals surface area contributed by atoms with Crippen molar-refractivity contribution in [2.45, 2.75) is 31.1 Å². The summed E-state index contributed by atoms with van der Waals surface area (Å²) in [6, 6.07) is 3.91. The summed E-state index contributed by atoms with van der Waals surface area (Å²) in [6.07, 6.45) is 5.18. The summed E-state index contributed by atoms with van der Waals surface area (Å²) in [5.41, 5.74) is 2.78. The van der Waals surface area contributed by atoms with E-state index in [0.29, 0.717) is 5.41 Å². The molecule has 0 atom stereocenters. The summed E-state index contributed by atoms with van der Waals surface area (Å²) in [7, 11) is 0. The van der Waals surface area contributed by atoms with Crippen LogP contribution in [0.4, 0.5) is 5.69 Å². The van der Waals surface area contributed by atoms with E-state index in [1.807, 2.05) is 6.07 Å². The second-order valence-electron chi connectivity index (χ2n) is 4.65. The van der Waals surface area contributed by atoms with Crippen LogP contribution in [-0.4, -0.2) is 6.54 Å². The van der Waals surface area contributed by atoms with Crippen molar-refractivity contribution in [1.29, 1.82) is 0 Å². The predicted molar refractivity (Wildman–Crippen MR) is 65.1 cm³/mol. The lowest BCUT2D eigenvalue weighted by Crippen LogP contribution is -2.23. The van der Waals surface area contributed by atoms with E-state index >= 15 is 0 Å². The monoisotopic (exact) mass is 241 g/mol. The molecule has 0 unspecified atom stereocenters. The molecule has 0 amide bonds. The Hall–Kier alpha value is -0.400. The number of rotatable bonds is 0. The Balaban J connectivity index is 2.16. The average Bonchev–Trinajstić information content (AvgIpc) is 2.77. The number of halogens is 2. The van der Waals surface area contributed by atoms with Gasteiger partial charge in [-0.05, 0) is 30.5 Å². The van der Waals surface area contributed by atoms with Gasteiger partial charge in [-0.2, -0.15) is 0 Å². The minimum Gasteiger partial charge on any atom is -0.383 e. The van der Waals surface area contributed by atoms with Crippen LogP contribution >= 0.6 is 23.2 Å². The highest BCUT2D eigenvalue weighted by molar-refractivity contribution is 6.36. The second kappa shape index (κ2) is 3.29. The molecule has 1 aromatic carbocycles. The van der Waals surface area contributed by atoms with Crippen molar-refractivity contribution in [2.24, 2.45) is 0 Å². The van der Waals surface area contributed by atoms with Gasteiger partial charge in [0.2, 0.25) is 0 Å². The van der Waals surface area contributed by atoms with Gasteiger partial charge in [-0.25, -0.2) is 0 Å². The lowest BCUT2D eigenvalue weighted by molar-refractivity contribution is 0.489. The number of anilines is 1. The van der Waals surface area contributed by atoms with E-state index in [9.17, 15) is 0 Å². The minimum atomic E-state index is 0.323. The molecular weight excluding hydrogens is 229 g/mol. The first-order valence-electron chi connectivity index (χ1n) is 5.45. The third-order valence-electron chi connectivity index (χ3n) is 3.79. The lowest BCUT2D eigenvalue weighted by atomic mass is 9.81. The molecule has 1 heterocycles. The van der Waals surface area contributed by atoms with Crippen LogP contribution in [-0.2, 0) is 5.41 Å². The fourth-order valence-corrected chi connectivity index (χ4v) is 3.58. The van der Waals surface area contributed by atoms with Gasteiger partial charge in [0.05, 0.1) is 10.7 Å². The second-order valence-corrected chi connectivity index (χ2v) is 5.49. The molecule has 1 N–H and O–H groups in total. The Kier molecular flexibility index (Phi) is 2.15. The predicted octanol–water partition coefficient (Wildman–Crippen LogP) is 4.23. The van der Waals surface area contributed by atoms with E-state index in [0.717, 1.165) is 22.3 Å². The third-order valence-corrected chi connectivity index (χ3v) is 4.31. The van der Waals surface area contributed by atoms with Crippen LogP contribution in [0.3, 0.4) is 0 Å². The largest absolute Gasteiger partial charge is 0.383 e. The molecule has 15 heavy (non-hydrogen) atoms. The number of benzene rings is 1. The molecule has 1 nitrogen and oxygen atoms in total. The minimum absolute atomic E-state index is 0.323. The Bertz CT molecular complexity index is 408. The quantitative estimate of drug-likeness (QED) is 0.717. The Labute approximate surface area is 99.8 Å². The van der Waals surface area contributed by atoms with Gasteiger partial charge in [0, 0.05) is 17.0 Å². The SMILES string of the molecule is Clc1cc(Cl)c2c(c1)C1(CCCC1)CN2. The van der Waals surface area contributed by atoms with Crippen LogP contribution in [0.25, 0.3) is 0 Å². The normalized spacial score (nSPS) is 21.7. The van der Waals surface area contributed by atoms with Crippen molar-refractivity contribution in [3.8, 4) is 0 Å². The zero-order valence-corrected chi connectivity index (χ0v) is 9.96. The molecule has 1 aliphatic carbocycles. The van der Waals surface area contributed by atoms with Crippen LogP contribution < -0.4 is 5.32 Å². The molecule has 80 valence electrons. The molecule has 0 radical (unpaired) electrons. The molecule has 1 saturated carbocycles. The van der Waals surface area contributed by atoms with Crippen molar-refractivity contribution < 1.29 is 0 Å². The van der Waals surface area contributed by atoms with Crippen molar-refractivity contribution >= 4 is 28.9 Å². The topological polar surface area (TPSA) is 12.0 Å². The van der Waals surface area contributed by atoms with Gasteiger partial charge in [0.15, 0.2) is 0 Å². The summed E-state index contributed by atoms with van der Waals surface area (Å²) in [5.74, 6) is 0. The van der Waals surface area contributed by atoms with Gasteiger partial charge in [0.25, 0.3) is 0 Å². The molecule has 0 aromatic heterocycles. The molecule has 0 bridgehead atoms. The van der Waals surface area contributed by atoms with E-state index in [-0.39, 0.29) is 0 Å². The maximum Gasteiger partial charge on any atom is 0.0655 e. The van der Waals surface area contributed by atoms with E-state index in [4.69, 9.17) is 23.2 Å². The molecule has 3 heteroatoms. The molecule has 0 saturated heterocycles. The van der Waals surface area contributed by atoms with E-state index in [1.165, 1.54) is 31.2 Å². The van der Waals surface area contributed by atoms with Gasteiger partial charge in [-0.3, -0.25) is 0 Å². The third kappa shape index (κ3) is 1.37. The van der Waals surface area contributed by atoms with Gasteiger partial charge < -0.3 is 5.32 Å². The molecule has 3 rings (SSSR count). The summed E-state index contributed by atoms with van der Waals surface area (Å²) < 4.78 is 0. The highest BCUT2D eigenvalue weighted by Gasteiger charge is 2.41. The van der Waals surface area contributed by atoms with Crippen LogP contribution in [0, 0.1) is 0 Å². The maximum atomic E-state index is 6.19. The zero-order valence-electron chi connectivity index (χ0n) is 8.45. The molecule has 2 aliphatic rings. The summed E-state index contributed by atoms with van der Waals surface area (Å²) in [4.78, 5) is 0. The van der Waals surface area contributed by atoms with Crippen molar-refractivity contribution in [1.82, 2.24) is 0 Å². The molecule has 1 spiro atoms. The number of fused-ring (bicyclic) bond motifs is 2. The summed E-state index contributed by atoms with van der Waals surface area (Å²) in [6.45, 7) is 1.03. The maximum absolute atomic E-state index is 6.19. The lowest BCUT2D eigenvalue weighted by Gasteiger charge is -2.22. The highest BCUT2D eigenvalue weighted by Crippen LogP contribution is 2.50. The van der Waals surface area contributed by atoms with Crippen molar-refractivity contribution in [3.05, 3.63) is 27.7 Å². The van der Waals surface area contributed by atoms with Crippen molar-refractivity contribution in [2.75, 3.05) is 11.9 Å².